The van der Waals surface area contributed by atoms with Gasteiger partial charge in [0.25, 0.3) is 5.89 Å². The van der Waals surface area contributed by atoms with E-state index in [1.807, 2.05) is 0 Å². The second-order valence-corrected chi connectivity index (χ2v) is 4.52. The van der Waals surface area contributed by atoms with Crippen LogP contribution in [0.15, 0.2) is 10.7 Å². The van der Waals surface area contributed by atoms with Gasteiger partial charge in [0.05, 0.1) is 12.2 Å². The fourth-order valence-electron chi connectivity index (χ4n) is 2.38. The minimum Gasteiger partial charge on any atom is -0.332 e. The second kappa shape index (κ2) is 5.45. The molecule has 19 heavy (non-hydrogen) atoms. The number of H-pyrrole nitrogens is 1. The number of piperazine rings is 1. The Bertz CT molecular complexity index is 503. The smallest absolute Gasteiger partial charge is 0.280 e. The van der Waals surface area contributed by atoms with Crippen LogP contribution in [0.2, 0.25) is 0 Å². The van der Waals surface area contributed by atoms with Crippen molar-refractivity contribution in [3.8, 4) is 11.6 Å². The molecular weight excluding hydrogens is 246 g/mol. The molecule has 1 saturated heterocycles. The molecule has 2 aromatic rings. The van der Waals surface area contributed by atoms with E-state index in [0.29, 0.717) is 11.6 Å². The molecule has 2 aromatic heterocycles. The number of aromatic nitrogens is 5. The van der Waals surface area contributed by atoms with Crippen molar-refractivity contribution in [2.75, 3.05) is 26.2 Å². The van der Waals surface area contributed by atoms with E-state index in [1.54, 1.807) is 6.20 Å². The van der Waals surface area contributed by atoms with Crippen LogP contribution in [0.4, 0.5) is 0 Å². The number of hydrogen-bond acceptors (Lipinski definition) is 7. The first-order chi connectivity index (χ1) is 9.38. The summed E-state index contributed by atoms with van der Waals surface area (Å²) in [6, 6.07) is 0.200. The Kier molecular flexibility index (Phi) is 3.51. The summed E-state index contributed by atoms with van der Waals surface area (Å²) in [5, 5.41) is 17.7. The highest BCUT2D eigenvalue weighted by Crippen LogP contribution is 2.24. The zero-order valence-electron chi connectivity index (χ0n) is 10.8. The van der Waals surface area contributed by atoms with Gasteiger partial charge in [0.1, 0.15) is 0 Å². The lowest BCUT2D eigenvalue weighted by atomic mass is 10.1. The van der Waals surface area contributed by atoms with Gasteiger partial charge >= 0.3 is 0 Å². The largest absolute Gasteiger partial charge is 0.332 e. The van der Waals surface area contributed by atoms with Gasteiger partial charge in [0.2, 0.25) is 0 Å². The first-order valence-corrected chi connectivity index (χ1v) is 6.53. The van der Waals surface area contributed by atoms with Crippen LogP contribution < -0.4 is 5.32 Å². The van der Waals surface area contributed by atoms with E-state index >= 15 is 0 Å². The van der Waals surface area contributed by atoms with E-state index in [9.17, 15) is 0 Å². The monoisotopic (exact) mass is 263 g/mol. The highest BCUT2D eigenvalue weighted by Gasteiger charge is 2.25. The maximum absolute atomic E-state index is 5.26. The van der Waals surface area contributed by atoms with Crippen molar-refractivity contribution in [2.45, 2.75) is 19.4 Å². The molecule has 1 fully saturated rings. The number of nitrogens with one attached hydrogen (secondary N) is 2. The van der Waals surface area contributed by atoms with Crippen molar-refractivity contribution in [3.05, 3.63) is 12.0 Å². The molecule has 0 saturated carbocycles. The Morgan fingerprint density at radius 1 is 1.42 bits per heavy atom. The molecule has 102 valence electrons. The van der Waals surface area contributed by atoms with Gasteiger partial charge in [0.15, 0.2) is 11.5 Å². The molecule has 1 aliphatic rings. The molecule has 1 unspecified atom stereocenters. The Morgan fingerprint density at radius 2 is 2.26 bits per heavy atom. The van der Waals surface area contributed by atoms with Crippen LogP contribution in [0.3, 0.4) is 0 Å². The van der Waals surface area contributed by atoms with Crippen molar-refractivity contribution >= 4 is 0 Å². The zero-order chi connectivity index (χ0) is 13.1. The molecule has 0 bridgehead atoms. The van der Waals surface area contributed by atoms with Gasteiger partial charge in [0, 0.05) is 26.2 Å². The zero-order valence-corrected chi connectivity index (χ0v) is 10.8. The fraction of sp³-hybridized carbons (Fsp3) is 0.636. The summed E-state index contributed by atoms with van der Waals surface area (Å²) in [4.78, 5) is 6.82. The van der Waals surface area contributed by atoms with Crippen LogP contribution in [0, 0.1) is 0 Å². The Morgan fingerprint density at radius 3 is 2.95 bits per heavy atom. The summed E-state index contributed by atoms with van der Waals surface area (Å²) in [7, 11) is 0. The maximum Gasteiger partial charge on any atom is 0.280 e. The quantitative estimate of drug-likeness (QED) is 0.814. The molecule has 0 radical (unpaired) electrons. The molecule has 8 heteroatoms. The molecule has 1 aliphatic heterocycles. The Hall–Kier alpha value is -1.80. The van der Waals surface area contributed by atoms with Gasteiger partial charge in [-0.3, -0.25) is 4.90 Å². The average molecular weight is 263 g/mol. The third kappa shape index (κ3) is 2.49. The summed E-state index contributed by atoms with van der Waals surface area (Å²) in [5.74, 6) is 1.14. The normalized spacial score (nSPS) is 18.6. The van der Waals surface area contributed by atoms with Gasteiger partial charge in [-0.25, -0.2) is 0 Å². The Labute approximate surface area is 110 Å². The molecule has 8 nitrogen and oxygen atoms in total. The highest BCUT2D eigenvalue weighted by atomic mass is 16.5. The summed E-state index contributed by atoms with van der Waals surface area (Å²) < 4.78 is 5.26. The molecule has 0 aromatic carbocycles. The van der Waals surface area contributed by atoms with E-state index in [2.05, 4.69) is 42.7 Å². The Balaban J connectivity index is 1.79. The maximum atomic E-state index is 5.26. The van der Waals surface area contributed by atoms with Crippen LogP contribution in [0.1, 0.15) is 25.2 Å². The standard InChI is InChI=1S/C11H17N7O/c1-2-9(18-5-3-12-4-6-18)10-14-11(19-16-10)8-7-13-17-15-8/h7,9,12H,2-6H2,1H3,(H,13,15,17). The van der Waals surface area contributed by atoms with Crippen LogP contribution in [0.5, 0.6) is 0 Å². The lowest BCUT2D eigenvalue weighted by Crippen LogP contribution is -2.45. The fourth-order valence-corrected chi connectivity index (χ4v) is 2.38. The van der Waals surface area contributed by atoms with E-state index in [-0.39, 0.29) is 6.04 Å². The first-order valence-electron chi connectivity index (χ1n) is 6.53. The van der Waals surface area contributed by atoms with E-state index in [1.165, 1.54) is 0 Å². The number of rotatable bonds is 4. The topological polar surface area (TPSA) is 95.8 Å². The number of nitrogens with zero attached hydrogens (tertiary/aromatic N) is 5. The molecular formula is C11H17N7O. The van der Waals surface area contributed by atoms with E-state index in [4.69, 9.17) is 4.52 Å². The predicted molar refractivity (Wildman–Crippen MR) is 67.1 cm³/mol. The van der Waals surface area contributed by atoms with Crippen LogP contribution in [-0.4, -0.2) is 56.6 Å². The minimum absolute atomic E-state index is 0.200. The third-order valence-electron chi connectivity index (χ3n) is 3.35. The van der Waals surface area contributed by atoms with Crippen molar-refractivity contribution in [3.63, 3.8) is 0 Å². The van der Waals surface area contributed by atoms with E-state index < -0.39 is 0 Å². The molecule has 3 rings (SSSR count). The molecule has 2 N–H and O–H groups in total. The molecule has 3 heterocycles. The third-order valence-corrected chi connectivity index (χ3v) is 3.35. The average Bonchev–Trinajstić information content (AvgIpc) is 3.11. The first kappa shape index (κ1) is 12.2. The van der Waals surface area contributed by atoms with Gasteiger partial charge in [-0.1, -0.05) is 12.1 Å². The van der Waals surface area contributed by atoms with Crippen LogP contribution >= 0.6 is 0 Å². The predicted octanol–water partition coefficient (Wildman–Crippen LogP) is 0.211. The lowest BCUT2D eigenvalue weighted by molar-refractivity contribution is 0.160. The molecule has 0 amide bonds. The summed E-state index contributed by atoms with van der Waals surface area (Å²) >= 11 is 0. The van der Waals surface area contributed by atoms with Gasteiger partial charge in [-0.05, 0) is 6.42 Å². The van der Waals surface area contributed by atoms with Crippen molar-refractivity contribution < 1.29 is 4.52 Å². The van der Waals surface area contributed by atoms with Crippen molar-refractivity contribution in [1.82, 2.24) is 35.8 Å². The van der Waals surface area contributed by atoms with Crippen LogP contribution in [-0.2, 0) is 0 Å². The van der Waals surface area contributed by atoms with Crippen LogP contribution in [0.25, 0.3) is 11.6 Å². The number of aromatic amines is 1. The van der Waals surface area contributed by atoms with Crippen molar-refractivity contribution in [2.24, 2.45) is 0 Å². The SMILES string of the molecule is CCC(c1noc(-c2cn[nH]n2)n1)N1CCNCC1. The summed E-state index contributed by atoms with van der Waals surface area (Å²) in [6.45, 7) is 6.16. The summed E-state index contributed by atoms with van der Waals surface area (Å²) in [5.41, 5.74) is 0.578. The van der Waals surface area contributed by atoms with Crippen molar-refractivity contribution in [1.29, 1.82) is 0 Å². The van der Waals surface area contributed by atoms with Gasteiger partial charge < -0.3 is 9.84 Å². The molecule has 1 atom stereocenters. The second-order valence-electron chi connectivity index (χ2n) is 4.52. The molecule has 0 spiro atoms. The highest BCUT2D eigenvalue weighted by molar-refractivity contribution is 5.42. The lowest BCUT2D eigenvalue weighted by Gasteiger charge is -2.32. The van der Waals surface area contributed by atoms with E-state index in [0.717, 1.165) is 38.4 Å². The summed E-state index contributed by atoms with van der Waals surface area (Å²) in [6.07, 6.45) is 2.53. The molecule has 0 aliphatic carbocycles. The van der Waals surface area contributed by atoms with Gasteiger partial charge in [-0.2, -0.15) is 20.4 Å². The minimum atomic E-state index is 0.200. The van der Waals surface area contributed by atoms with Gasteiger partial charge in [-0.15, -0.1) is 0 Å². The number of hydrogen-bond donors (Lipinski definition) is 2.